The molecule has 0 spiro atoms. The lowest BCUT2D eigenvalue weighted by atomic mass is 10.1. The lowest BCUT2D eigenvalue weighted by molar-refractivity contribution is -0.123. The van der Waals surface area contributed by atoms with E-state index >= 15 is 0 Å². The van der Waals surface area contributed by atoms with Gasteiger partial charge in [0.25, 0.3) is 5.91 Å². The van der Waals surface area contributed by atoms with Crippen LogP contribution >= 0.6 is 0 Å². The topological polar surface area (TPSA) is 62.1 Å². The first-order valence-corrected chi connectivity index (χ1v) is 5.48. The van der Waals surface area contributed by atoms with E-state index in [4.69, 9.17) is 10.00 Å². The van der Waals surface area contributed by atoms with Crippen molar-refractivity contribution in [2.24, 2.45) is 0 Å². The van der Waals surface area contributed by atoms with Crippen molar-refractivity contribution >= 4 is 5.91 Å². The number of hydrogen-bond acceptors (Lipinski definition) is 3. The minimum atomic E-state index is -0.206. The summed E-state index contributed by atoms with van der Waals surface area (Å²) in [4.78, 5) is 11.4. The molecule has 1 N–H and O–H groups in total. The first-order valence-electron chi connectivity index (χ1n) is 5.48. The molecule has 0 aromatic heterocycles. The number of benzene rings is 1. The monoisotopic (exact) mass is 232 g/mol. The molecule has 4 nitrogen and oxygen atoms in total. The Morgan fingerprint density at radius 2 is 2.06 bits per heavy atom. The van der Waals surface area contributed by atoms with Gasteiger partial charge in [0.2, 0.25) is 0 Å². The average Bonchev–Trinajstić information content (AvgIpc) is 2.29. The second-order valence-corrected chi connectivity index (χ2v) is 3.77. The fourth-order valence-electron chi connectivity index (χ4n) is 1.47. The molecule has 90 valence electrons. The number of nitrogens with zero attached hydrogens (tertiary/aromatic N) is 1. The largest absolute Gasteiger partial charge is 0.483 e. The summed E-state index contributed by atoms with van der Waals surface area (Å²) in [6.07, 6.45) is 0.315. The van der Waals surface area contributed by atoms with Gasteiger partial charge in [0, 0.05) is 6.54 Å². The standard InChI is InChI=1S/C13H16N2O2/c1-10-5-3-6-11(2)13(10)17-9-12(16)15-8-4-7-14/h3,5-6H,4,8-9H2,1-2H3,(H,15,16). The zero-order valence-corrected chi connectivity index (χ0v) is 10.1. The second-order valence-electron chi connectivity index (χ2n) is 3.77. The van der Waals surface area contributed by atoms with Crippen LogP contribution in [0.4, 0.5) is 0 Å². The van der Waals surface area contributed by atoms with Crippen LogP contribution in [-0.2, 0) is 4.79 Å². The number of rotatable bonds is 5. The van der Waals surface area contributed by atoms with Crippen molar-refractivity contribution in [3.05, 3.63) is 29.3 Å². The van der Waals surface area contributed by atoms with E-state index in [9.17, 15) is 4.79 Å². The SMILES string of the molecule is Cc1cccc(C)c1OCC(=O)NCCC#N. The minimum Gasteiger partial charge on any atom is -0.483 e. The second kappa shape index (κ2) is 6.54. The lowest BCUT2D eigenvalue weighted by Crippen LogP contribution is -2.29. The van der Waals surface area contributed by atoms with Crippen molar-refractivity contribution in [3.63, 3.8) is 0 Å². The van der Waals surface area contributed by atoms with Gasteiger partial charge in [-0.05, 0) is 25.0 Å². The van der Waals surface area contributed by atoms with Crippen molar-refractivity contribution in [1.82, 2.24) is 5.32 Å². The van der Waals surface area contributed by atoms with Crippen LogP contribution in [0.15, 0.2) is 18.2 Å². The Balaban J connectivity index is 2.45. The van der Waals surface area contributed by atoms with Crippen LogP contribution in [0.25, 0.3) is 0 Å². The van der Waals surface area contributed by atoms with Gasteiger partial charge in [-0.2, -0.15) is 5.26 Å². The summed E-state index contributed by atoms with van der Waals surface area (Å²) in [6, 6.07) is 7.79. The zero-order chi connectivity index (χ0) is 12.7. The fraction of sp³-hybridized carbons (Fsp3) is 0.385. The Labute approximate surface area is 101 Å². The van der Waals surface area contributed by atoms with Crippen LogP contribution in [-0.4, -0.2) is 19.1 Å². The number of hydrogen-bond donors (Lipinski definition) is 1. The number of nitrogens with one attached hydrogen (secondary N) is 1. The molecule has 0 saturated carbocycles. The van der Waals surface area contributed by atoms with Crippen LogP contribution < -0.4 is 10.1 Å². The summed E-state index contributed by atoms with van der Waals surface area (Å²) in [6.45, 7) is 4.23. The van der Waals surface area contributed by atoms with E-state index in [0.717, 1.165) is 16.9 Å². The maximum absolute atomic E-state index is 11.4. The van der Waals surface area contributed by atoms with Gasteiger partial charge >= 0.3 is 0 Å². The van der Waals surface area contributed by atoms with E-state index in [1.54, 1.807) is 0 Å². The molecular weight excluding hydrogens is 216 g/mol. The van der Waals surface area contributed by atoms with E-state index in [0.29, 0.717) is 13.0 Å². The molecule has 0 aliphatic heterocycles. The first kappa shape index (κ1) is 13.0. The summed E-state index contributed by atoms with van der Waals surface area (Å²) in [5.74, 6) is 0.547. The molecular formula is C13H16N2O2. The van der Waals surface area contributed by atoms with Gasteiger partial charge in [-0.3, -0.25) is 4.79 Å². The van der Waals surface area contributed by atoms with Gasteiger partial charge in [0.05, 0.1) is 12.5 Å². The van der Waals surface area contributed by atoms with Gasteiger partial charge in [0.15, 0.2) is 6.61 Å². The molecule has 1 aromatic carbocycles. The molecule has 0 aliphatic carbocycles. The first-order chi connectivity index (χ1) is 8.15. The quantitative estimate of drug-likeness (QED) is 0.786. The summed E-state index contributed by atoms with van der Waals surface area (Å²) >= 11 is 0. The number of aryl methyl sites for hydroxylation is 2. The van der Waals surface area contributed by atoms with Crippen LogP contribution in [0.5, 0.6) is 5.75 Å². The predicted octanol–water partition coefficient (Wildman–Crippen LogP) is 1.71. The molecule has 4 heteroatoms. The zero-order valence-electron chi connectivity index (χ0n) is 10.1. The summed E-state index contributed by atoms with van der Waals surface area (Å²) in [5.41, 5.74) is 2.02. The normalized spacial score (nSPS) is 9.47. The van der Waals surface area contributed by atoms with Crippen LogP contribution in [0.3, 0.4) is 0 Å². The highest BCUT2D eigenvalue weighted by molar-refractivity contribution is 5.77. The summed E-state index contributed by atoms with van der Waals surface area (Å²) in [5, 5.41) is 10.9. The molecule has 0 radical (unpaired) electrons. The Morgan fingerprint density at radius 3 is 2.65 bits per heavy atom. The third-order valence-corrected chi connectivity index (χ3v) is 2.32. The molecule has 0 unspecified atom stereocenters. The van der Waals surface area contributed by atoms with Gasteiger partial charge in [0.1, 0.15) is 5.75 Å². The molecule has 1 amide bonds. The maximum Gasteiger partial charge on any atom is 0.257 e. The summed E-state index contributed by atoms with van der Waals surface area (Å²) < 4.78 is 5.47. The minimum absolute atomic E-state index is 0.0167. The van der Waals surface area contributed by atoms with Crippen molar-refractivity contribution in [3.8, 4) is 11.8 Å². The maximum atomic E-state index is 11.4. The molecule has 0 bridgehead atoms. The lowest BCUT2D eigenvalue weighted by Gasteiger charge is -2.11. The van der Waals surface area contributed by atoms with E-state index in [1.807, 2.05) is 38.1 Å². The third-order valence-electron chi connectivity index (χ3n) is 2.32. The van der Waals surface area contributed by atoms with E-state index < -0.39 is 0 Å². The number of amides is 1. The number of carbonyl (C=O) groups excluding carboxylic acids is 1. The van der Waals surface area contributed by atoms with Crippen LogP contribution in [0.1, 0.15) is 17.5 Å². The average molecular weight is 232 g/mol. The Morgan fingerprint density at radius 1 is 1.41 bits per heavy atom. The fourth-order valence-corrected chi connectivity index (χ4v) is 1.47. The van der Waals surface area contributed by atoms with Gasteiger partial charge in [-0.15, -0.1) is 0 Å². The molecule has 17 heavy (non-hydrogen) atoms. The number of nitriles is 1. The molecule has 0 atom stereocenters. The smallest absolute Gasteiger partial charge is 0.257 e. The Bertz CT molecular complexity index is 415. The highest BCUT2D eigenvalue weighted by Crippen LogP contribution is 2.21. The highest BCUT2D eigenvalue weighted by atomic mass is 16.5. The van der Waals surface area contributed by atoms with Crippen molar-refractivity contribution < 1.29 is 9.53 Å². The Kier molecular flexibility index (Phi) is 5.02. The van der Waals surface area contributed by atoms with Gasteiger partial charge in [-0.1, -0.05) is 18.2 Å². The highest BCUT2D eigenvalue weighted by Gasteiger charge is 2.06. The van der Waals surface area contributed by atoms with Crippen molar-refractivity contribution in [2.75, 3.05) is 13.2 Å². The van der Waals surface area contributed by atoms with Crippen molar-refractivity contribution in [1.29, 1.82) is 5.26 Å². The van der Waals surface area contributed by atoms with Gasteiger partial charge in [-0.25, -0.2) is 0 Å². The van der Waals surface area contributed by atoms with E-state index in [2.05, 4.69) is 5.32 Å². The van der Waals surface area contributed by atoms with Crippen molar-refractivity contribution in [2.45, 2.75) is 20.3 Å². The Hall–Kier alpha value is -2.02. The predicted molar refractivity (Wildman–Crippen MR) is 64.7 cm³/mol. The van der Waals surface area contributed by atoms with E-state index in [-0.39, 0.29) is 12.5 Å². The molecule has 0 saturated heterocycles. The third kappa shape index (κ3) is 4.15. The number of para-hydroxylation sites is 1. The number of carbonyl (C=O) groups is 1. The molecule has 0 fully saturated rings. The molecule has 0 heterocycles. The summed E-state index contributed by atoms with van der Waals surface area (Å²) in [7, 11) is 0. The van der Waals surface area contributed by atoms with Crippen LogP contribution in [0.2, 0.25) is 0 Å². The molecule has 1 aromatic rings. The molecule has 1 rings (SSSR count). The molecule has 0 aliphatic rings. The van der Waals surface area contributed by atoms with E-state index in [1.165, 1.54) is 0 Å². The van der Waals surface area contributed by atoms with Crippen LogP contribution in [0, 0.1) is 25.2 Å². The van der Waals surface area contributed by atoms with Gasteiger partial charge < -0.3 is 10.1 Å². The number of ether oxygens (including phenoxy) is 1.